The fraction of sp³-hybridized carbons (Fsp3) is 0.174. The van der Waals surface area contributed by atoms with Gasteiger partial charge in [-0.05, 0) is 36.8 Å². The average Bonchev–Trinajstić information content (AvgIpc) is 2.80. The van der Waals surface area contributed by atoms with Gasteiger partial charge in [0, 0.05) is 41.2 Å². The number of methoxy groups -OCH3 is 1. The minimum Gasteiger partial charge on any atom is -0.493 e. The molecule has 4 aromatic rings. The summed E-state index contributed by atoms with van der Waals surface area (Å²) in [6, 6.07) is 10.7. The maximum atomic E-state index is 13.7. The summed E-state index contributed by atoms with van der Waals surface area (Å²) in [5.74, 6) is 0.0471. The van der Waals surface area contributed by atoms with Gasteiger partial charge in [-0.2, -0.15) is 0 Å². The van der Waals surface area contributed by atoms with Crippen LogP contribution in [0.2, 0.25) is 0 Å². The largest absolute Gasteiger partial charge is 0.493 e. The lowest BCUT2D eigenvalue weighted by Crippen LogP contribution is -2.02. The van der Waals surface area contributed by atoms with Crippen molar-refractivity contribution in [3.05, 3.63) is 66.5 Å². The van der Waals surface area contributed by atoms with Crippen molar-refractivity contribution in [3.8, 4) is 22.9 Å². The number of nitrogens with zero attached hydrogens (tertiary/aromatic N) is 3. The molecule has 0 fully saturated rings. The van der Waals surface area contributed by atoms with Crippen molar-refractivity contribution in [1.82, 2.24) is 15.0 Å². The number of fused-ring (bicyclic) bond motifs is 1. The first-order valence-corrected chi connectivity index (χ1v) is 9.74. The van der Waals surface area contributed by atoms with Crippen molar-refractivity contribution in [3.63, 3.8) is 0 Å². The molecule has 0 amide bonds. The molecule has 0 aliphatic heterocycles. The Bertz CT molecular complexity index is 1220. The Hall–Kier alpha value is -3.81. The van der Waals surface area contributed by atoms with Crippen molar-refractivity contribution in [2.45, 2.75) is 13.3 Å². The van der Waals surface area contributed by atoms with Crippen molar-refractivity contribution < 1.29 is 18.3 Å². The lowest BCUT2D eigenvalue weighted by molar-refractivity contribution is 0.295. The molecule has 0 aliphatic rings. The van der Waals surface area contributed by atoms with Crippen molar-refractivity contribution >= 4 is 22.4 Å². The van der Waals surface area contributed by atoms with E-state index in [1.54, 1.807) is 37.7 Å². The molecule has 2 aromatic heterocycles. The Kier molecular flexibility index (Phi) is 5.88. The molecule has 158 valence electrons. The molecule has 0 spiro atoms. The number of pyridine rings is 1. The molecular formula is C23H20F2N4O2. The standard InChI is InChI=1S/C23H20F2N4O2/c1-3-9-31-21-11-16-19(12-20(21)30-2)28-22(14-5-4-8-26-13-14)29-23(16)27-15-6-7-17(24)18(25)10-15/h4-8,10-13H,3,9H2,1-2H3,(H,27,28,29). The summed E-state index contributed by atoms with van der Waals surface area (Å²) < 4.78 is 38.4. The van der Waals surface area contributed by atoms with Crippen LogP contribution in [0.25, 0.3) is 22.3 Å². The van der Waals surface area contributed by atoms with E-state index in [2.05, 4.69) is 20.3 Å². The number of aromatic nitrogens is 3. The van der Waals surface area contributed by atoms with Crippen LogP contribution in [0.1, 0.15) is 13.3 Å². The highest BCUT2D eigenvalue weighted by Gasteiger charge is 2.15. The van der Waals surface area contributed by atoms with Gasteiger partial charge in [0.2, 0.25) is 0 Å². The second-order valence-electron chi connectivity index (χ2n) is 6.76. The fourth-order valence-corrected chi connectivity index (χ4v) is 3.05. The lowest BCUT2D eigenvalue weighted by atomic mass is 10.1. The molecule has 0 radical (unpaired) electrons. The van der Waals surface area contributed by atoms with Gasteiger partial charge in [-0.3, -0.25) is 4.98 Å². The number of hydrogen-bond donors (Lipinski definition) is 1. The molecule has 0 aliphatic carbocycles. The topological polar surface area (TPSA) is 69.2 Å². The molecule has 2 aromatic carbocycles. The zero-order chi connectivity index (χ0) is 21.8. The quantitative estimate of drug-likeness (QED) is 0.423. The summed E-state index contributed by atoms with van der Waals surface area (Å²) in [6.45, 7) is 2.52. The highest BCUT2D eigenvalue weighted by Crippen LogP contribution is 2.36. The SMILES string of the molecule is CCCOc1cc2c(Nc3ccc(F)c(F)c3)nc(-c3cccnc3)nc2cc1OC. The van der Waals surface area contributed by atoms with Gasteiger partial charge in [0.05, 0.1) is 19.2 Å². The van der Waals surface area contributed by atoms with Crippen LogP contribution in [0.5, 0.6) is 11.5 Å². The number of hydrogen-bond acceptors (Lipinski definition) is 6. The van der Waals surface area contributed by atoms with Crippen molar-refractivity contribution in [2.75, 3.05) is 19.0 Å². The first-order valence-electron chi connectivity index (χ1n) is 9.74. The Labute approximate surface area is 177 Å². The zero-order valence-electron chi connectivity index (χ0n) is 17.0. The van der Waals surface area contributed by atoms with E-state index in [0.29, 0.717) is 51.9 Å². The first kappa shape index (κ1) is 20.5. The smallest absolute Gasteiger partial charge is 0.163 e. The van der Waals surface area contributed by atoms with Crippen molar-refractivity contribution in [2.24, 2.45) is 0 Å². The Morgan fingerprint density at radius 2 is 1.87 bits per heavy atom. The predicted molar refractivity (Wildman–Crippen MR) is 115 cm³/mol. The number of ether oxygens (including phenoxy) is 2. The van der Waals surface area contributed by atoms with E-state index < -0.39 is 11.6 Å². The minimum absolute atomic E-state index is 0.350. The lowest BCUT2D eigenvalue weighted by Gasteiger charge is -2.15. The van der Waals surface area contributed by atoms with Crippen LogP contribution < -0.4 is 14.8 Å². The summed E-state index contributed by atoms with van der Waals surface area (Å²) in [6.07, 6.45) is 4.14. The molecule has 6 nitrogen and oxygen atoms in total. The van der Waals surface area contributed by atoms with Gasteiger partial charge in [0.25, 0.3) is 0 Å². The van der Waals surface area contributed by atoms with E-state index in [0.717, 1.165) is 18.6 Å². The van der Waals surface area contributed by atoms with Crippen molar-refractivity contribution in [1.29, 1.82) is 0 Å². The summed E-state index contributed by atoms with van der Waals surface area (Å²) in [7, 11) is 1.56. The van der Waals surface area contributed by atoms with Crippen LogP contribution in [-0.2, 0) is 0 Å². The molecule has 0 saturated carbocycles. The Morgan fingerprint density at radius 3 is 2.58 bits per heavy atom. The number of nitrogens with one attached hydrogen (secondary N) is 1. The highest BCUT2D eigenvalue weighted by molar-refractivity contribution is 5.94. The molecule has 0 bridgehead atoms. The van der Waals surface area contributed by atoms with E-state index in [4.69, 9.17) is 9.47 Å². The number of rotatable bonds is 7. The third-order valence-electron chi connectivity index (χ3n) is 4.54. The maximum absolute atomic E-state index is 13.7. The van der Waals surface area contributed by atoms with Gasteiger partial charge in [0.15, 0.2) is 29.0 Å². The zero-order valence-corrected chi connectivity index (χ0v) is 17.0. The van der Waals surface area contributed by atoms with Gasteiger partial charge in [-0.25, -0.2) is 18.7 Å². The van der Waals surface area contributed by atoms with E-state index in [1.807, 2.05) is 13.0 Å². The fourth-order valence-electron chi connectivity index (χ4n) is 3.05. The summed E-state index contributed by atoms with van der Waals surface area (Å²) in [5, 5.41) is 3.71. The molecule has 2 heterocycles. The molecule has 0 saturated heterocycles. The molecule has 31 heavy (non-hydrogen) atoms. The third-order valence-corrected chi connectivity index (χ3v) is 4.54. The molecule has 4 rings (SSSR count). The highest BCUT2D eigenvalue weighted by atomic mass is 19.2. The number of benzene rings is 2. The van der Waals surface area contributed by atoms with Gasteiger partial charge < -0.3 is 14.8 Å². The maximum Gasteiger partial charge on any atom is 0.163 e. The molecule has 8 heteroatoms. The normalized spacial score (nSPS) is 10.8. The van der Waals surface area contributed by atoms with E-state index in [1.165, 1.54) is 6.07 Å². The molecular weight excluding hydrogens is 402 g/mol. The molecule has 0 atom stereocenters. The van der Waals surface area contributed by atoms with E-state index in [9.17, 15) is 8.78 Å². The summed E-state index contributed by atoms with van der Waals surface area (Å²) in [4.78, 5) is 13.4. The van der Waals surface area contributed by atoms with Crippen LogP contribution >= 0.6 is 0 Å². The number of anilines is 2. The van der Waals surface area contributed by atoms with Crippen LogP contribution in [0.15, 0.2) is 54.9 Å². The second-order valence-corrected chi connectivity index (χ2v) is 6.76. The Balaban J connectivity index is 1.89. The second kappa shape index (κ2) is 8.91. The molecule has 0 unspecified atom stereocenters. The third kappa shape index (κ3) is 4.37. The van der Waals surface area contributed by atoms with Gasteiger partial charge in [-0.1, -0.05) is 6.92 Å². The first-order chi connectivity index (χ1) is 15.1. The predicted octanol–water partition coefficient (Wildman–Crippen LogP) is 5.51. The van der Waals surface area contributed by atoms with E-state index >= 15 is 0 Å². The Morgan fingerprint density at radius 1 is 1.00 bits per heavy atom. The van der Waals surface area contributed by atoms with Gasteiger partial charge in [-0.15, -0.1) is 0 Å². The monoisotopic (exact) mass is 422 g/mol. The van der Waals surface area contributed by atoms with Gasteiger partial charge in [0.1, 0.15) is 5.82 Å². The average molecular weight is 422 g/mol. The molecule has 1 N–H and O–H groups in total. The van der Waals surface area contributed by atoms with Crippen LogP contribution in [-0.4, -0.2) is 28.7 Å². The van der Waals surface area contributed by atoms with Crippen LogP contribution in [0.3, 0.4) is 0 Å². The number of halogens is 2. The van der Waals surface area contributed by atoms with Crippen LogP contribution in [0.4, 0.5) is 20.3 Å². The van der Waals surface area contributed by atoms with Crippen LogP contribution in [0, 0.1) is 11.6 Å². The van der Waals surface area contributed by atoms with Gasteiger partial charge >= 0.3 is 0 Å². The van der Waals surface area contributed by atoms with E-state index in [-0.39, 0.29) is 0 Å². The summed E-state index contributed by atoms with van der Waals surface area (Å²) in [5.41, 5.74) is 1.66. The minimum atomic E-state index is -0.954. The summed E-state index contributed by atoms with van der Waals surface area (Å²) >= 11 is 0.